The minimum absolute atomic E-state index is 0.0240. The average molecular weight is 201 g/mol. The topological polar surface area (TPSA) is 29.4 Å². The summed E-state index contributed by atoms with van der Waals surface area (Å²) in [6.07, 6.45) is 0.944. The van der Waals surface area contributed by atoms with Crippen molar-refractivity contribution in [2.24, 2.45) is 10.9 Å². The molecule has 0 atom stereocenters. The highest BCUT2D eigenvalue weighted by atomic mass is 32.2. The molecule has 0 radical (unpaired) electrons. The third-order valence-electron chi connectivity index (χ3n) is 1.92. The van der Waals surface area contributed by atoms with Crippen LogP contribution >= 0.6 is 11.8 Å². The number of nitrogens with zero attached hydrogens (tertiary/aromatic N) is 1. The number of rotatable bonds is 5. The summed E-state index contributed by atoms with van der Waals surface area (Å²) in [6.45, 7) is 8.49. The number of aliphatic imine (C=N–C) groups is 1. The smallest absolute Gasteiger partial charge is 0.129 e. The van der Waals surface area contributed by atoms with Gasteiger partial charge in [0.2, 0.25) is 0 Å². The Kier molecular flexibility index (Phi) is 5.30. The Labute approximate surface area is 85.2 Å². The second-order valence-electron chi connectivity index (χ2n) is 3.75. The molecule has 0 bridgehead atoms. The van der Waals surface area contributed by atoms with Gasteiger partial charge in [0.05, 0.1) is 5.75 Å². The predicted octanol–water partition coefficient (Wildman–Crippen LogP) is 2.42. The van der Waals surface area contributed by atoms with Crippen molar-refractivity contribution in [2.45, 2.75) is 32.4 Å². The lowest BCUT2D eigenvalue weighted by Crippen LogP contribution is -2.32. The molecule has 0 saturated carbocycles. The standard InChI is InChI=1S/C10H19NOS/c1-8(2)9(11-5)10(3,4)13-7-6-12/h6,8H,7H2,1-5H3. The molecule has 0 saturated heterocycles. The Morgan fingerprint density at radius 2 is 2.08 bits per heavy atom. The summed E-state index contributed by atoms with van der Waals surface area (Å²) in [5, 5.41) is 0. The lowest BCUT2D eigenvalue weighted by atomic mass is 9.96. The Hall–Kier alpha value is -0.310. The summed E-state index contributed by atoms with van der Waals surface area (Å²) in [5.41, 5.74) is 1.17. The molecule has 0 unspecified atom stereocenters. The lowest BCUT2D eigenvalue weighted by Gasteiger charge is -2.27. The fourth-order valence-corrected chi connectivity index (χ4v) is 2.50. The van der Waals surface area contributed by atoms with Gasteiger partial charge in [-0.15, -0.1) is 11.8 Å². The minimum Gasteiger partial charge on any atom is -0.302 e. The lowest BCUT2D eigenvalue weighted by molar-refractivity contribution is -0.105. The van der Waals surface area contributed by atoms with Crippen LogP contribution in [-0.2, 0) is 4.79 Å². The van der Waals surface area contributed by atoms with Crippen LogP contribution in [0, 0.1) is 5.92 Å². The van der Waals surface area contributed by atoms with Gasteiger partial charge >= 0.3 is 0 Å². The van der Waals surface area contributed by atoms with E-state index < -0.39 is 0 Å². The summed E-state index contributed by atoms with van der Waals surface area (Å²) in [5.74, 6) is 0.984. The molecule has 0 aliphatic heterocycles. The van der Waals surface area contributed by atoms with Gasteiger partial charge in [0, 0.05) is 17.5 Å². The maximum Gasteiger partial charge on any atom is 0.129 e. The third kappa shape index (κ3) is 3.94. The first-order valence-electron chi connectivity index (χ1n) is 4.50. The van der Waals surface area contributed by atoms with E-state index in [1.807, 2.05) is 7.05 Å². The molecule has 13 heavy (non-hydrogen) atoms. The van der Waals surface area contributed by atoms with E-state index in [1.165, 1.54) is 5.71 Å². The van der Waals surface area contributed by atoms with Crippen LogP contribution in [0.5, 0.6) is 0 Å². The van der Waals surface area contributed by atoms with Gasteiger partial charge in [-0.1, -0.05) is 13.8 Å². The normalized spacial score (nSPS) is 13.5. The van der Waals surface area contributed by atoms with Crippen molar-refractivity contribution in [3.63, 3.8) is 0 Å². The second-order valence-corrected chi connectivity index (χ2v) is 5.39. The highest BCUT2D eigenvalue weighted by molar-refractivity contribution is 8.01. The molecule has 0 amide bonds. The van der Waals surface area contributed by atoms with Gasteiger partial charge < -0.3 is 4.79 Å². The first kappa shape index (κ1) is 12.7. The number of hydrogen-bond acceptors (Lipinski definition) is 3. The van der Waals surface area contributed by atoms with Gasteiger partial charge in [0.25, 0.3) is 0 Å². The molecule has 0 heterocycles. The van der Waals surface area contributed by atoms with Crippen molar-refractivity contribution in [2.75, 3.05) is 12.8 Å². The van der Waals surface area contributed by atoms with Crippen molar-refractivity contribution >= 4 is 23.8 Å². The molecule has 0 fully saturated rings. The quantitative estimate of drug-likeness (QED) is 0.505. The van der Waals surface area contributed by atoms with Crippen molar-refractivity contribution in [3.8, 4) is 0 Å². The van der Waals surface area contributed by atoms with E-state index in [1.54, 1.807) is 11.8 Å². The monoisotopic (exact) mass is 201 g/mol. The molecule has 0 N–H and O–H groups in total. The second kappa shape index (κ2) is 5.43. The average Bonchev–Trinajstić information content (AvgIpc) is 2.01. The largest absolute Gasteiger partial charge is 0.302 e. The zero-order valence-corrected chi connectivity index (χ0v) is 9.94. The Bertz CT molecular complexity index is 197. The molecule has 0 aromatic heterocycles. The van der Waals surface area contributed by atoms with Crippen LogP contribution < -0.4 is 0 Å². The van der Waals surface area contributed by atoms with E-state index in [4.69, 9.17) is 0 Å². The summed E-state index contributed by atoms with van der Waals surface area (Å²) in [6, 6.07) is 0. The number of aldehydes is 1. The summed E-state index contributed by atoms with van der Waals surface area (Å²) in [4.78, 5) is 14.6. The zero-order valence-electron chi connectivity index (χ0n) is 9.13. The van der Waals surface area contributed by atoms with E-state index in [-0.39, 0.29) is 4.75 Å². The first-order valence-corrected chi connectivity index (χ1v) is 5.49. The van der Waals surface area contributed by atoms with Crippen LogP contribution in [0.4, 0.5) is 0 Å². The molecule has 0 rings (SSSR count). The summed E-state index contributed by atoms with van der Waals surface area (Å²) in [7, 11) is 1.82. The SMILES string of the molecule is CN=C(C(C)C)C(C)(C)SCC=O. The molecule has 2 nitrogen and oxygen atoms in total. The van der Waals surface area contributed by atoms with E-state index >= 15 is 0 Å². The van der Waals surface area contributed by atoms with Crippen LogP contribution in [0.1, 0.15) is 27.7 Å². The third-order valence-corrected chi connectivity index (χ3v) is 3.15. The Morgan fingerprint density at radius 3 is 2.38 bits per heavy atom. The number of thioether (sulfide) groups is 1. The van der Waals surface area contributed by atoms with Crippen molar-refractivity contribution in [1.29, 1.82) is 0 Å². The van der Waals surface area contributed by atoms with Gasteiger partial charge in [0.1, 0.15) is 6.29 Å². The summed E-state index contributed by atoms with van der Waals surface area (Å²) >= 11 is 1.64. The molecule has 76 valence electrons. The van der Waals surface area contributed by atoms with Crippen molar-refractivity contribution < 1.29 is 4.79 Å². The highest BCUT2D eigenvalue weighted by Gasteiger charge is 2.26. The van der Waals surface area contributed by atoms with Gasteiger partial charge in [-0.3, -0.25) is 4.99 Å². The molecule has 0 spiro atoms. The van der Waals surface area contributed by atoms with Crippen LogP contribution in [0.2, 0.25) is 0 Å². The van der Waals surface area contributed by atoms with E-state index in [9.17, 15) is 4.79 Å². The number of hydrogen-bond donors (Lipinski definition) is 0. The van der Waals surface area contributed by atoms with Gasteiger partial charge in [-0.05, 0) is 19.8 Å². The van der Waals surface area contributed by atoms with Crippen molar-refractivity contribution in [3.05, 3.63) is 0 Å². The fourth-order valence-electron chi connectivity index (χ4n) is 1.54. The number of carbonyl (C=O) groups is 1. The van der Waals surface area contributed by atoms with Crippen LogP contribution in [-0.4, -0.2) is 29.5 Å². The van der Waals surface area contributed by atoms with E-state index in [0.717, 1.165) is 6.29 Å². The molecular formula is C10H19NOS. The van der Waals surface area contributed by atoms with Crippen LogP contribution in [0.15, 0.2) is 4.99 Å². The van der Waals surface area contributed by atoms with E-state index in [2.05, 4.69) is 32.7 Å². The maximum absolute atomic E-state index is 10.3. The van der Waals surface area contributed by atoms with E-state index in [0.29, 0.717) is 11.7 Å². The van der Waals surface area contributed by atoms with Crippen LogP contribution in [0.25, 0.3) is 0 Å². The maximum atomic E-state index is 10.3. The zero-order chi connectivity index (χ0) is 10.5. The van der Waals surface area contributed by atoms with Gasteiger partial charge in [0.15, 0.2) is 0 Å². The fraction of sp³-hybridized carbons (Fsp3) is 0.800. The molecule has 0 aliphatic rings. The molecule has 0 aromatic carbocycles. The summed E-state index contributed by atoms with van der Waals surface area (Å²) < 4.78 is -0.0240. The molecule has 3 heteroatoms. The highest BCUT2D eigenvalue weighted by Crippen LogP contribution is 2.28. The molecule has 0 aromatic rings. The minimum atomic E-state index is -0.0240. The molecule has 0 aliphatic carbocycles. The van der Waals surface area contributed by atoms with Crippen LogP contribution in [0.3, 0.4) is 0 Å². The Morgan fingerprint density at radius 1 is 1.54 bits per heavy atom. The predicted molar refractivity (Wildman–Crippen MR) is 60.8 cm³/mol. The van der Waals surface area contributed by atoms with Gasteiger partial charge in [-0.25, -0.2) is 0 Å². The first-order chi connectivity index (χ1) is 5.95. The van der Waals surface area contributed by atoms with Crippen molar-refractivity contribution in [1.82, 2.24) is 0 Å². The molecular weight excluding hydrogens is 182 g/mol. The van der Waals surface area contributed by atoms with Gasteiger partial charge in [-0.2, -0.15) is 0 Å². The number of carbonyl (C=O) groups excluding carboxylic acids is 1. The Balaban J connectivity index is 4.48.